The van der Waals surface area contributed by atoms with E-state index in [4.69, 9.17) is 4.74 Å². The van der Waals surface area contributed by atoms with Gasteiger partial charge in [-0.3, -0.25) is 0 Å². The molecule has 0 bridgehead atoms. The smallest absolute Gasteiger partial charge is 0.451 e. The number of alkyl halides is 3. The summed E-state index contributed by atoms with van der Waals surface area (Å²) in [6.07, 6.45) is -0.911. The van der Waals surface area contributed by atoms with Gasteiger partial charge in [-0.15, -0.1) is 10.2 Å². The number of ether oxygens (including phenoxy) is 1. The maximum Gasteiger partial charge on any atom is 0.451 e. The predicted molar refractivity (Wildman–Crippen MR) is 109 cm³/mol. The molecule has 4 rings (SSSR count). The molecule has 0 saturated carbocycles. The van der Waals surface area contributed by atoms with E-state index >= 15 is 0 Å². The van der Waals surface area contributed by atoms with Crippen LogP contribution in [0.25, 0.3) is 21.5 Å². The number of halogens is 3. The Kier molecular flexibility index (Phi) is 5.39. The molecule has 0 radical (unpaired) electrons. The number of methoxy groups -OCH3 is 1. The molecule has 1 aromatic carbocycles. The second kappa shape index (κ2) is 8.02. The molecule has 0 fully saturated rings. The second-order valence-electron chi connectivity index (χ2n) is 6.63. The van der Waals surface area contributed by atoms with E-state index in [0.29, 0.717) is 28.0 Å². The number of nitrogens with one attached hydrogen (secondary N) is 1. The Hall–Kier alpha value is -3.41. The lowest BCUT2D eigenvalue weighted by atomic mass is 10.1. The van der Waals surface area contributed by atoms with Crippen LogP contribution in [0.4, 0.5) is 19.0 Å². The van der Waals surface area contributed by atoms with Crippen LogP contribution in [0.1, 0.15) is 29.4 Å². The predicted octanol–water partition coefficient (Wildman–Crippen LogP) is 4.45. The molecule has 0 aliphatic rings. The van der Waals surface area contributed by atoms with Gasteiger partial charge in [-0.25, -0.2) is 19.9 Å². The number of aryl methyl sites for hydroxylation is 1. The largest absolute Gasteiger partial charge is 0.494 e. The van der Waals surface area contributed by atoms with Gasteiger partial charge in [0.25, 0.3) is 0 Å². The summed E-state index contributed by atoms with van der Waals surface area (Å²) in [4.78, 5) is 15.5. The van der Waals surface area contributed by atoms with E-state index in [9.17, 15) is 13.2 Å². The zero-order chi connectivity index (χ0) is 22.2. The summed E-state index contributed by atoms with van der Waals surface area (Å²) in [6.45, 7) is 3.64. The number of benzene rings is 1. The van der Waals surface area contributed by atoms with E-state index in [1.807, 2.05) is 19.1 Å². The van der Waals surface area contributed by atoms with Crippen LogP contribution in [0.15, 0.2) is 30.9 Å². The van der Waals surface area contributed by atoms with Crippen LogP contribution in [0.5, 0.6) is 5.75 Å². The van der Waals surface area contributed by atoms with Crippen LogP contribution >= 0.6 is 11.3 Å². The number of anilines is 1. The standard InChI is InChI=1S/C19H16F3N7OS/c1-9(12-6-23-18(24-7-12)19(20,21)22)27-16-13-4-11(17-29-28-10(2)31-17)5-14(30-3)15(13)25-8-26-16/h4-9H,1-3H3,(H,25,26,27)/t9-/m1/s1. The topological polar surface area (TPSA) is 98.6 Å². The molecular weight excluding hydrogens is 431 g/mol. The first-order valence-electron chi connectivity index (χ1n) is 9.05. The Labute approximate surface area is 178 Å². The molecule has 3 aromatic heterocycles. The summed E-state index contributed by atoms with van der Waals surface area (Å²) >= 11 is 1.44. The summed E-state index contributed by atoms with van der Waals surface area (Å²) < 4.78 is 43.6. The lowest BCUT2D eigenvalue weighted by Crippen LogP contribution is -2.14. The molecule has 3 heterocycles. The Morgan fingerprint density at radius 2 is 1.81 bits per heavy atom. The number of rotatable bonds is 5. The van der Waals surface area contributed by atoms with Crippen LogP contribution in [0.3, 0.4) is 0 Å². The fraction of sp³-hybridized carbons (Fsp3) is 0.263. The molecule has 160 valence electrons. The van der Waals surface area contributed by atoms with Crippen molar-refractivity contribution in [1.82, 2.24) is 30.1 Å². The molecular formula is C19H16F3N7OS. The van der Waals surface area contributed by atoms with E-state index in [2.05, 4.69) is 35.5 Å². The average molecular weight is 447 g/mol. The van der Waals surface area contributed by atoms with Crippen molar-refractivity contribution in [3.63, 3.8) is 0 Å². The molecule has 0 aliphatic heterocycles. The summed E-state index contributed by atoms with van der Waals surface area (Å²) in [7, 11) is 1.54. The summed E-state index contributed by atoms with van der Waals surface area (Å²) in [5.41, 5.74) is 1.85. The summed E-state index contributed by atoms with van der Waals surface area (Å²) in [6, 6.07) is 3.28. The first kappa shape index (κ1) is 20.8. The quantitative estimate of drug-likeness (QED) is 0.479. The molecule has 12 heteroatoms. The molecule has 0 spiro atoms. The van der Waals surface area contributed by atoms with Crippen LogP contribution in [-0.4, -0.2) is 37.2 Å². The van der Waals surface area contributed by atoms with Crippen molar-refractivity contribution in [2.75, 3.05) is 12.4 Å². The number of hydrogen-bond acceptors (Lipinski definition) is 9. The first-order valence-corrected chi connectivity index (χ1v) is 9.87. The van der Waals surface area contributed by atoms with E-state index in [-0.39, 0.29) is 0 Å². The molecule has 0 amide bonds. The molecule has 8 nitrogen and oxygen atoms in total. The van der Waals surface area contributed by atoms with Crippen molar-refractivity contribution >= 4 is 28.1 Å². The summed E-state index contributed by atoms with van der Waals surface area (Å²) in [5, 5.41) is 13.6. The van der Waals surface area contributed by atoms with Crippen molar-refractivity contribution in [2.24, 2.45) is 0 Å². The first-order chi connectivity index (χ1) is 14.8. The third-order valence-corrected chi connectivity index (χ3v) is 5.36. The number of hydrogen-bond donors (Lipinski definition) is 1. The van der Waals surface area contributed by atoms with Crippen LogP contribution in [0.2, 0.25) is 0 Å². The minimum Gasteiger partial charge on any atom is -0.494 e. The van der Waals surface area contributed by atoms with Gasteiger partial charge >= 0.3 is 6.18 Å². The zero-order valence-electron chi connectivity index (χ0n) is 16.6. The maximum absolute atomic E-state index is 12.7. The van der Waals surface area contributed by atoms with Crippen molar-refractivity contribution in [1.29, 1.82) is 0 Å². The van der Waals surface area contributed by atoms with Gasteiger partial charge in [-0.2, -0.15) is 13.2 Å². The third-order valence-electron chi connectivity index (χ3n) is 4.48. The third kappa shape index (κ3) is 4.24. The monoisotopic (exact) mass is 447 g/mol. The van der Waals surface area contributed by atoms with E-state index in [1.54, 1.807) is 14.0 Å². The summed E-state index contributed by atoms with van der Waals surface area (Å²) in [5.74, 6) is -0.159. The van der Waals surface area contributed by atoms with Gasteiger partial charge in [-0.05, 0) is 26.0 Å². The van der Waals surface area contributed by atoms with Crippen molar-refractivity contribution < 1.29 is 17.9 Å². The Morgan fingerprint density at radius 1 is 1.06 bits per heavy atom. The molecule has 4 aromatic rings. The SMILES string of the molecule is COc1cc(-c2nnc(C)s2)cc2c(N[C@H](C)c3cnc(C(F)(F)F)nc3)ncnc12. The van der Waals surface area contributed by atoms with E-state index in [1.165, 1.54) is 17.7 Å². The minimum absolute atomic E-state index is 0.418. The minimum atomic E-state index is -4.59. The number of aromatic nitrogens is 6. The molecule has 1 atom stereocenters. The van der Waals surface area contributed by atoms with Gasteiger partial charge in [0.15, 0.2) is 0 Å². The highest BCUT2D eigenvalue weighted by Crippen LogP contribution is 2.36. The highest BCUT2D eigenvalue weighted by Gasteiger charge is 2.34. The van der Waals surface area contributed by atoms with Crippen LogP contribution < -0.4 is 10.1 Å². The second-order valence-corrected chi connectivity index (χ2v) is 7.81. The van der Waals surface area contributed by atoms with Gasteiger partial charge in [-0.1, -0.05) is 11.3 Å². The molecule has 1 N–H and O–H groups in total. The Morgan fingerprint density at radius 3 is 2.42 bits per heavy atom. The Balaban J connectivity index is 1.71. The number of fused-ring (bicyclic) bond motifs is 1. The zero-order valence-corrected chi connectivity index (χ0v) is 17.4. The van der Waals surface area contributed by atoms with Crippen molar-refractivity contribution in [3.8, 4) is 16.3 Å². The fourth-order valence-corrected chi connectivity index (χ4v) is 3.62. The maximum atomic E-state index is 12.7. The van der Waals surface area contributed by atoms with Crippen molar-refractivity contribution in [3.05, 3.63) is 47.2 Å². The molecule has 0 aliphatic carbocycles. The average Bonchev–Trinajstić information content (AvgIpc) is 3.19. The fourth-order valence-electron chi connectivity index (χ4n) is 2.94. The molecule has 0 unspecified atom stereocenters. The number of nitrogens with zero attached hydrogens (tertiary/aromatic N) is 6. The van der Waals surface area contributed by atoms with Crippen LogP contribution in [-0.2, 0) is 6.18 Å². The Bertz CT molecular complexity index is 1230. The van der Waals surface area contributed by atoms with Crippen LogP contribution in [0, 0.1) is 6.92 Å². The van der Waals surface area contributed by atoms with Gasteiger partial charge in [0, 0.05) is 28.9 Å². The highest BCUT2D eigenvalue weighted by molar-refractivity contribution is 7.14. The van der Waals surface area contributed by atoms with Gasteiger partial charge in [0.05, 0.1) is 13.2 Å². The van der Waals surface area contributed by atoms with Crippen molar-refractivity contribution in [2.45, 2.75) is 26.1 Å². The molecule has 0 saturated heterocycles. The van der Waals surface area contributed by atoms with Gasteiger partial charge in [0.1, 0.15) is 33.4 Å². The molecule has 31 heavy (non-hydrogen) atoms. The van der Waals surface area contributed by atoms with Gasteiger partial charge in [0.2, 0.25) is 5.82 Å². The highest BCUT2D eigenvalue weighted by atomic mass is 32.1. The van der Waals surface area contributed by atoms with Gasteiger partial charge < -0.3 is 10.1 Å². The normalized spacial score (nSPS) is 12.7. The lowest BCUT2D eigenvalue weighted by Gasteiger charge is -2.17. The van der Waals surface area contributed by atoms with E-state index in [0.717, 1.165) is 28.0 Å². The van der Waals surface area contributed by atoms with E-state index < -0.39 is 18.0 Å². The lowest BCUT2D eigenvalue weighted by molar-refractivity contribution is -0.145.